The molecule has 0 aromatic rings. The van der Waals surface area contributed by atoms with Gasteiger partial charge in [0.1, 0.15) is 6.10 Å². The highest BCUT2D eigenvalue weighted by atomic mass is 16.5. The van der Waals surface area contributed by atoms with Crippen LogP contribution >= 0.6 is 0 Å². The summed E-state index contributed by atoms with van der Waals surface area (Å²) in [5.41, 5.74) is 4.39. The standard InChI is InChI=1S/C14H22O2/c1-10-5-6-14(11(2)7-10)12(3)8-13(4)16-9-15/h7,9,11,13H,5-6,8H2,1-4H3/b14-12+/t11-,13+/m1/s1. The van der Waals surface area contributed by atoms with Crippen LogP contribution in [0.3, 0.4) is 0 Å². The highest BCUT2D eigenvalue weighted by Gasteiger charge is 2.16. The van der Waals surface area contributed by atoms with Gasteiger partial charge >= 0.3 is 0 Å². The van der Waals surface area contributed by atoms with Gasteiger partial charge in [-0.3, -0.25) is 4.79 Å². The molecule has 0 heterocycles. The molecule has 90 valence electrons. The fourth-order valence-electron chi connectivity index (χ4n) is 2.48. The fraction of sp³-hybridized carbons (Fsp3) is 0.643. The molecule has 0 fully saturated rings. The lowest BCUT2D eigenvalue weighted by atomic mass is 9.83. The molecule has 2 heteroatoms. The lowest BCUT2D eigenvalue weighted by Gasteiger charge is -2.23. The SMILES string of the molecule is CC1=C[C@@H](C)/C(=C(\C)C[C@H](C)OC=O)CC1. The average molecular weight is 222 g/mol. The van der Waals surface area contributed by atoms with Crippen LogP contribution < -0.4 is 0 Å². The fourth-order valence-corrected chi connectivity index (χ4v) is 2.48. The number of ether oxygens (including phenoxy) is 1. The van der Waals surface area contributed by atoms with E-state index in [1.165, 1.54) is 23.1 Å². The highest BCUT2D eigenvalue weighted by molar-refractivity contribution is 5.37. The third-order valence-corrected chi connectivity index (χ3v) is 3.30. The van der Waals surface area contributed by atoms with Crippen molar-refractivity contribution in [3.8, 4) is 0 Å². The van der Waals surface area contributed by atoms with Gasteiger partial charge in [0, 0.05) is 6.42 Å². The molecule has 0 aromatic carbocycles. The Balaban J connectivity index is 2.69. The monoisotopic (exact) mass is 222 g/mol. The zero-order chi connectivity index (χ0) is 12.1. The van der Waals surface area contributed by atoms with Crippen LogP contribution in [-0.2, 0) is 9.53 Å². The molecule has 0 saturated heterocycles. The smallest absolute Gasteiger partial charge is 0.293 e. The summed E-state index contributed by atoms with van der Waals surface area (Å²) in [4.78, 5) is 10.2. The molecular weight excluding hydrogens is 200 g/mol. The summed E-state index contributed by atoms with van der Waals surface area (Å²) in [7, 11) is 0. The van der Waals surface area contributed by atoms with Gasteiger partial charge in [-0.05, 0) is 39.5 Å². The van der Waals surface area contributed by atoms with Crippen molar-refractivity contribution in [2.45, 2.75) is 53.1 Å². The van der Waals surface area contributed by atoms with Crippen molar-refractivity contribution < 1.29 is 9.53 Å². The van der Waals surface area contributed by atoms with E-state index in [0.29, 0.717) is 12.4 Å². The van der Waals surface area contributed by atoms with E-state index in [1.54, 1.807) is 0 Å². The van der Waals surface area contributed by atoms with E-state index in [-0.39, 0.29) is 6.10 Å². The number of hydrogen-bond donors (Lipinski definition) is 0. The Morgan fingerprint density at radius 1 is 1.62 bits per heavy atom. The Hall–Kier alpha value is -1.05. The van der Waals surface area contributed by atoms with Crippen molar-refractivity contribution in [2.75, 3.05) is 0 Å². The van der Waals surface area contributed by atoms with Crippen molar-refractivity contribution in [3.63, 3.8) is 0 Å². The maximum absolute atomic E-state index is 10.2. The molecule has 2 nitrogen and oxygen atoms in total. The second-order valence-corrected chi connectivity index (χ2v) is 4.85. The molecule has 0 spiro atoms. The molecular formula is C14H22O2. The molecule has 2 atom stereocenters. The van der Waals surface area contributed by atoms with Gasteiger partial charge in [-0.1, -0.05) is 29.7 Å². The van der Waals surface area contributed by atoms with Crippen LogP contribution in [0.5, 0.6) is 0 Å². The molecule has 0 radical (unpaired) electrons. The summed E-state index contributed by atoms with van der Waals surface area (Å²) < 4.78 is 4.93. The Morgan fingerprint density at radius 3 is 2.88 bits per heavy atom. The number of allylic oxidation sites excluding steroid dienone is 3. The molecule has 0 bridgehead atoms. The zero-order valence-electron chi connectivity index (χ0n) is 10.7. The van der Waals surface area contributed by atoms with Gasteiger partial charge in [0.25, 0.3) is 6.47 Å². The van der Waals surface area contributed by atoms with E-state index >= 15 is 0 Å². The molecule has 1 aliphatic rings. The van der Waals surface area contributed by atoms with E-state index in [1.807, 2.05) is 6.92 Å². The van der Waals surface area contributed by atoms with Crippen LogP contribution in [0.2, 0.25) is 0 Å². The van der Waals surface area contributed by atoms with Gasteiger partial charge in [-0.2, -0.15) is 0 Å². The normalized spacial score (nSPS) is 25.8. The first kappa shape index (κ1) is 13.0. The Morgan fingerprint density at radius 2 is 2.31 bits per heavy atom. The minimum Gasteiger partial charge on any atom is -0.465 e. The summed E-state index contributed by atoms with van der Waals surface area (Å²) >= 11 is 0. The second kappa shape index (κ2) is 5.88. The van der Waals surface area contributed by atoms with E-state index in [9.17, 15) is 4.79 Å². The molecule has 0 aromatic heterocycles. The summed E-state index contributed by atoms with van der Waals surface area (Å²) in [6.45, 7) is 9.07. The zero-order valence-corrected chi connectivity index (χ0v) is 10.7. The number of carbonyl (C=O) groups excluding carboxylic acids is 1. The van der Waals surface area contributed by atoms with Crippen molar-refractivity contribution in [1.82, 2.24) is 0 Å². The highest BCUT2D eigenvalue weighted by Crippen LogP contribution is 2.31. The Kier molecular flexibility index (Phi) is 4.78. The second-order valence-electron chi connectivity index (χ2n) is 4.85. The quantitative estimate of drug-likeness (QED) is 0.536. The molecule has 0 amide bonds. The first-order valence-corrected chi connectivity index (χ1v) is 5.99. The van der Waals surface area contributed by atoms with Gasteiger partial charge in [-0.15, -0.1) is 0 Å². The molecule has 0 saturated carbocycles. The van der Waals surface area contributed by atoms with Crippen LogP contribution in [-0.4, -0.2) is 12.6 Å². The minimum atomic E-state index is -0.01000. The van der Waals surface area contributed by atoms with E-state index in [0.717, 1.165) is 12.8 Å². The van der Waals surface area contributed by atoms with Crippen molar-refractivity contribution in [2.24, 2.45) is 5.92 Å². The molecule has 0 aliphatic heterocycles. The third kappa shape index (κ3) is 3.51. The largest absolute Gasteiger partial charge is 0.465 e. The first-order chi connectivity index (χ1) is 7.54. The first-order valence-electron chi connectivity index (χ1n) is 5.99. The van der Waals surface area contributed by atoms with Gasteiger partial charge in [0.05, 0.1) is 0 Å². The predicted molar refractivity (Wildman–Crippen MR) is 66.1 cm³/mol. The van der Waals surface area contributed by atoms with Crippen LogP contribution in [0.4, 0.5) is 0 Å². The van der Waals surface area contributed by atoms with Crippen LogP contribution in [0, 0.1) is 5.92 Å². The van der Waals surface area contributed by atoms with Crippen molar-refractivity contribution in [3.05, 3.63) is 22.8 Å². The molecule has 16 heavy (non-hydrogen) atoms. The Labute approximate surface area is 98.4 Å². The maximum Gasteiger partial charge on any atom is 0.293 e. The topological polar surface area (TPSA) is 26.3 Å². The van der Waals surface area contributed by atoms with Crippen LogP contribution in [0.1, 0.15) is 47.0 Å². The van der Waals surface area contributed by atoms with Crippen molar-refractivity contribution in [1.29, 1.82) is 0 Å². The van der Waals surface area contributed by atoms with Gasteiger partial charge in [0.15, 0.2) is 0 Å². The summed E-state index contributed by atoms with van der Waals surface area (Å²) in [6, 6.07) is 0. The molecule has 1 rings (SSSR count). The number of carbonyl (C=O) groups is 1. The van der Waals surface area contributed by atoms with Gasteiger partial charge in [-0.25, -0.2) is 0 Å². The maximum atomic E-state index is 10.2. The predicted octanol–water partition coefficient (Wildman–Crippen LogP) is 3.63. The number of rotatable bonds is 4. The van der Waals surface area contributed by atoms with Crippen molar-refractivity contribution >= 4 is 6.47 Å². The third-order valence-electron chi connectivity index (χ3n) is 3.30. The average Bonchev–Trinajstić information content (AvgIpc) is 2.17. The molecule has 0 N–H and O–H groups in total. The summed E-state index contributed by atoms with van der Waals surface area (Å²) in [5, 5.41) is 0. The van der Waals surface area contributed by atoms with Crippen LogP contribution in [0.25, 0.3) is 0 Å². The van der Waals surface area contributed by atoms with E-state index in [4.69, 9.17) is 4.74 Å². The Bertz CT molecular complexity index is 313. The minimum absolute atomic E-state index is 0.01000. The van der Waals surface area contributed by atoms with E-state index < -0.39 is 0 Å². The lowest BCUT2D eigenvalue weighted by Crippen LogP contribution is -2.11. The lowest BCUT2D eigenvalue weighted by molar-refractivity contribution is -0.132. The van der Waals surface area contributed by atoms with Gasteiger partial charge in [0.2, 0.25) is 0 Å². The van der Waals surface area contributed by atoms with Gasteiger partial charge < -0.3 is 4.74 Å². The number of hydrogen-bond acceptors (Lipinski definition) is 2. The summed E-state index contributed by atoms with van der Waals surface area (Å²) in [5.74, 6) is 0.539. The van der Waals surface area contributed by atoms with Crippen LogP contribution in [0.15, 0.2) is 22.8 Å². The molecule has 1 aliphatic carbocycles. The molecule has 0 unspecified atom stereocenters. The summed E-state index contributed by atoms with van der Waals surface area (Å²) in [6.07, 6.45) is 5.51. The van der Waals surface area contributed by atoms with E-state index in [2.05, 4.69) is 26.8 Å².